The topological polar surface area (TPSA) is 66.5 Å². The van der Waals surface area contributed by atoms with Crippen molar-refractivity contribution in [1.29, 1.82) is 0 Å². The Morgan fingerprint density at radius 1 is 0.906 bits per heavy atom. The maximum absolute atomic E-state index is 13.3. The van der Waals surface area contributed by atoms with Crippen molar-refractivity contribution >= 4 is 21.6 Å². The van der Waals surface area contributed by atoms with Crippen LogP contribution in [-0.4, -0.2) is 20.9 Å². The number of carbonyl (C=O) groups is 1. The van der Waals surface area contributed by atoms with Gasteiger partial charge in [0.05, 0.1) is 16.6 Å². The van der Waals surface area contributed by atoms with Crippen molar-refractivity contribution in [1.82, 2.24) is 5.32 Å². The third kappa shape index (κ3) is 4.02. The molecule has 0 unspecified atom stereocenters. The number of anilines is 1. The van der Waals surface area contributed by atoms with E-state index >= 15 is 0 Å². The van der Waals surface area contributed by atoms with Crippen molar-refractivity contribution in [2.24, 2.45) is 0 Å². The van der Waals surface area contributed by atoms with Gasteiger partial charge in [0.15, 0.2) is 0 Å². The molecule has 0 aromatic heterocycles. The van der Waals surface area contributed by atoms with E-state index in [0.29, 0.717) is 11.3 Å². The van der Waals surface area contributed by atoms with E-state index in [1.165, 1.54) is 9.87 Å². The highest BCUT2D eigenvalue weighted by molar-refractivity contribution is 7.93. The Hall–Kier alpha value is -3.12. The van der Waals surface area contributed by atoms with Gasteiger partial charge in [0.1, 0.15) is 6.54 Å². The predicted octanol–water partition coefficient (Wildman–Crippen LogP) is 5.04. The number of sulfonamides is 1. The first kappa shape index (κ1) is 22.1. The Morgan fingerprint density at radius 2 is 1.50 bits per heavy atom. The van der Waals surface area contributed by atoms with Crippen LogP contribution in [0.4, 0.5) is 5.69 Å². The molecule has 0 radical (unpaired) electrons. The number of fused-ring (bicyclic) bond motifs is 3. The van der Waals surface area contributed by atoms with Crippen LogP contribution in [0, 0.1) is 0 Å². The molecule has 32 heavy (non-hydrogen) atoms. The lowest BCUT2D eigenvalue weighted by Crippen LogP contribution is -2.43. The second kappa shape index (κ2) is 8.10. The lowest BCUT2D eigenvalue weighted by atomic mass is 9.86. The molecule has 1 aliphatic rings. The molecule has 166 valence electrons. The Balaban J connectivity index is 1.57. The smallest absolute Gasteiger partial charge is 0.265 e. The molecule has 0 fully saturated rings. The maximum Gasteiger partial charge on any atom is 0.265 e. The van der Waals surface area contributed by atoms with E-state index in [-0.39, 0.29) is 28.8 Å². The van der Waals surface area contributed by atoms with Crippen LogP contribution in [0.5, 0.6) is 0 Å². The summed E-state index contributed by atoms with van der Waals surface area (Å²) in [6.45, 7) is 8.09. The van der Waals surface area contributed by atoms with Crippen molar-refractivity contribution in [3.05, 3.63) is 83.9 Å². The molecule has 1 heterocycles. The fourth-order valence-corrected chi connectivity index (χ4v) is 5.67. The Morgan fingerprint density at radius 3 is 2.16 bits per heavy atom. The van der Waals surface area contributed by atoms with Crippen molar-refractivity contribution in [2.75, 3.05) is 10.8 Å². The number of benzene rings is 3. The number of amides is 1. The van der Waals surface area contributed by atoms with Crippen molar-refractivity contribution in [3.8, 4) is 11.1 Å². The number of hydrogen-bond donors (Lipinski definition) is 1. The molecule has 5 nitrogen and oxygen atoms in total. The second-order valence-electron chi connectivity index (χ2n) is 9.19. The van der Waals surface area contributed by atoms with Gasteiger partial charge in [-0.1, -0.05) is 81.4 Å². The molecule has 6 heteroatoms. The zero-order valence-corrected chi connectivity index (χ0v) is 19.6. The third-order valence-electron chi connectivity index (χ3n) is 5.86. The number of hydrogen-bond acceptors (Lipinski definition) is 3. The monoisotopic (exact) mass is 448 g/mol. The summed E-state index contributed by atoms with van der Waals surface area (Å²) in [7, 11) is -3.84. The molecule has 4 rings (SSSR count). The summed E-state index contributed by atoms with van der Waals surface area (Å²) in [6, 6.07) is 22.1. The number of rotatable bonds is 4. The first-order valence-electron chi connectivity index (χ1n) is 10.7. The van der Waals surface area contributed by atoms with Crippen LogP contribution in [0.15, 0.2) is 77.7 Å². The van der Waals surface area contributed by atoms with Gasteiger partial charge in [-0.2, -0.15) is 0 Å². The van der Waals surface area contributed by atoms with E-state index in [9.17, 15) is 13.2 Å². The van der Waals surface area contributed by atoms with Gasteiger partial charge in [-0.3, -0.25) is 9.10 Å². The largest absolute Gasteiger partial charge is 0.348 e. The van der Waals surface area contributed by atoms with Crippen LogP contribution >= 0.6 is 0 Å². The van der Waals surface area contributed by atoms with Crippen LogP contribution < -0.4 is 9.62 Å². The van der Waals surface area contributed by atoms with Gasteiger partial charge in [-0.05, 0) is 35.6 Å². The van der Waals surface area contributed by atoms with E-state index in [0.717, 1.165) is 11.1 Å². The van der Waals surface area contributed by atoms with Crippen LogP contribution in [0.25, 0.3) is 11.1 Å². The molecule has 0 bridgehead atoms. The minimum Gasteiger partial charge on any atom is -0.348 e. The summed E-state index contributed by atoms with van der Waals surface area (Å²) in [5.74, 6) is -0.352. The summed E-state index contributed by atoms with van der Waals surface area (Å²) in [6.07, 6.45) is 0. The van der Waals surface area contributed by atoms with Gasteiger partial charge >= 0.3 is 0 Å². The fourth-order valence-electron chi connectivity index (χ4n) is 4.02. The van der Waals surface area contributed by atoms with Gasteiger partial charge in [0.25, 0.3) is 10.0 Å². The molecule has 0 spiro atoms. The highest BCUT2D eigenvalue weighted by Crippen LogP contribution is 2.42. The number of nitrogens with zero attached hydrogens (tertiary/aromatic N) is 1. The summed E-state index contributed by atoms with van der Waals surface area (Å²) in [5.41, 5.74) is 4.22. The summed E-state index contributed by atoms with van der Waals surface area (Å²) < 4.78 is 27.9. The standard InChI is InChI=1S/C26H28N2O3S/c1-18(19-13-15-20(16-14-19)26(2,3)4)27-25(29)17-28-23-11-7-5-9-21(23)22-10-6-8-12-24(22)32(28,30)31/h5-16,18H,17H2,1-4H3,(H,27,29)/t18-/m0/s1. The Kier molecular flexibility index (Phi) is 5.59. The number of carbonyl (C=O) groups excluding carboxylic acids is 1. The van der Waals surface area contributed by atoms with Crippen molar-refractivity contribution in [2.45, 2.75) is 44.0 Å². The lowest BCUT2D eigenvalue weighted by Gasteiger charge is -2.32. The number of para-hydroxylation sites is 1. The Labute approximate surface area is 190 Å². The molecular weight excluding hydrogens is 420 g/mol. The average Bonchev–Trinajstić information content (AvgIpc) is 2.76. The summed E-state index contributed by atoms with van der Waals surface area (Å²) >= 11 is 0. The van der Waals surface area contributed by atoms with E-state index in [1.54, 1.807) is 30.3 Å². The third-order valence-corrected chi connectivity index (χ3v) is 7.68. The molecule has 0 aliphatic carbocycles. The van der Waals surface area contributed by atoms with Crippen molar-refractivity contribution < 1.29 is 13.2 Å². The Bertz CT molecular complexity index is 1260. The van der Waals surface area contributed by atoms with Crippen LogP contribution in [0.3, 0.4) is 0 Å². The van der Waals surface area contributed by atoms with Gasteiger partial charge in [-0.15, -0.1) is 0 Å². The van der Waals surface area contributed by atoms with E-state index in [1.807, 2.05) is 37.3 Å². The molecule has 1 amide bonds. The highest BCUT2D eigenvalue weighted by Gasteiger charge is 2.35. The van der Waals surface area contributed by atoms with Gasteiger partial charge < -0.3 is 5.32 Å². The first-order chi connectivity index (χ1) is 15.1. The van der Waals surface area contributed by atoms with Gasteiger partial charge in [0, 0.05) is 11.1 Å². The molecule has 3 aromatic carbocycles. The lowest BCUT2D eigenvalue weighted by molar-refractivity contribution is -0.120. The zero-order chi connectivity index (χ0) is 23.1. The summed E-state index contributed by atoms with van der Waals surface area (Å²) in [4.78, 5) is 13.1. The van der Waals surface area contributed by atoms with E-state index in [4.69, 9.17) is 0 Å². The minimum absolute atomic E-state index is 0.0529. The SMILES string of the molecule is C[C@H](NC(=O)CN1c2ccccc2-c2ccccc2S1(=O)=O)c1ccc(C(C)(C)C)cc1. The van der Waals surface area contributed by atoms with Crippen LogP contribution in [-0.2, 0) is 20.2 Å². The van der Waals surface area contributed by atoms with E-state index in [2.05, 4.69) is 38.2 Å². The zero-order valence-electron chi connectivity index (χ0n) is 18.8. The minimum atomic E-state index is -3.84. The fraction of sp³-hybridized carbons (Fsp3) is 0.269. The van der Waals surface area contributed by atoms with Crippen LogP contribution in [0.1, 0.15) is 44.9 Å². The molecular formula is C26H28N2O3S. The predicted molar refractivity (Wildman–Crippen MR) is 128 cm³/mol. The molecule has 1 aliphatic heterocycles. The molecule has 3 aromatic rings. The van der Waals surface area contributed by atoms with Crippen molar-refractivity contribution in [3.63, 3.8) is 0 Å². The average molecular weight is 449 g/mol. The molecule has 1 atom stereocenters. The molecule has 0 saturated heterocycles. The quantitative estimate of drug-likeness (QED) is 0.608. The normalized spacial score (nSPS) is 15.4. The first-order valence-corrected chi connectivity index (χ1v) is 12.1. The summed E-state index contributed by atoms with van der Waals surface area (Å²) in [5, 5.41) is 2.95. The molecule has 0 saturated carbocycles. The van der Waals surface area contributed by atoms with Gasteiger partial charge in [0.2, 0.25) is 5.91 Å². The maximum atomic E-state index is 13.3. The second-order valence-corrected chi connectivity index (χ2v) is 11.0. The number of nitrogens with one attached hydrogen (secondary N) is 1. The van der Waals surface area contributed by atoms with Gasteiger partial charge in [-0.25, -0.2) is 8.42 Å². The van der Waals surface area contributed by atoms with E-state index < -0.39 is 10.0 Å². The van der Waals surface area contributed by atoms with Crippen LogP contribution in [0.2, 0.25) is 0 Å². The highest BCUT2D eigenvalue weighted by atomic mass is 32.2. The molecule has 1 N–H and O–H groups in total.